The molecule has 1 spiro atoms. The van der Waals surface area contributed by atoms with Gasteiger partial charge in [0.25, 0.3) is 5.91 Å². The summed E-state index contributed by atoms with van der Waals surface area (Å²) in [6.07, 6.45) is 10.3. The minimum absolute atomic E-state index is 0. The molecular weight excluding hydrogens is 595 g/mol. The zero-order valence-corrected chi connectivity index (χ0v) is 26.0. The van der Waals surface area contributed by atoms with Crippen LogP contribution in [0.15, 0.2) is 84.0 Å². The van der Waals surface area contributed by atoms with Gasteiger partial charge in [0.15, 0.2) is 15.6 Å². The van der Waals surface area contributed by atoms with E-state index in [9.17, 15) is 13.2 Å². The summed E-state index contributed by atoms with van der Waals surface area (Å²) >= 11 is 0. The Balaban J connectivity index is 0.00000202. The quantitative estimate of drug-likeness (QED) is 0.349. The van der Waals surface area contributed by atoms with Crippen molar-refractivity contribution in [2.45, 2.75) is 54.7 Å². The molecule has 3 aromatic rings. The molecule has 1 amide bonds. The summed E-state index contributed by atoms with van der Waals surface area (Å²) in [5, 5.41) is 3.34. The summed E-state index contributed by atoms with van der Waals surface area (Å²) in [6.45, 7) is 1.47. The Morgan fingerprint density at radius 3 is 2.26 bits per heavy atom. The predicted molar refractivity (Wildman–Crippen MR) is 166 cm³/mol. The predicted octanol–water partition coefficient (Wildman–Crippen LogP) is 4.60. The van der Waals surface area contributed by atoms with Gasteiger partial charge in [0, 0.05) is 36.3 Å². The largest absolute Gasteiger partial charge is 0.350 e. The van der Waals surface area contributed by atoms with Crippen LogP contribution < -0.4 is 16.2 Å². The number of rotatable bonds is 7. The van der Waals surface area contributed by atoms with Crippen molar-refractivity contribution in [1.82, 2.24) is 21.2 Å². The van der Waals surface area contributed by atoms with Gasteiger partial charge in [-0.2, -0.15) is 0 Å². The fraction of sp³-hybridized carbons (Fsp3) is 0.419. The first kappa shape index (κ1) is 32.4. The lowest BCUT2D eigenvalue weighted by Crippen LogP contribution is -2.73. The number of nitrogens with one attached hydrogen (secondary N) is 3. The minimum atomic E-state index is -3.30. The molecule has 2 saturated heterocycles. The number of ether oxygens (including phenoxy) is 1. The topological polar surface area (TPSA) is 109 Å². The standard InChI is InChI=1S/C31H36N4O4S.2ClH/c1-40(37,38)27-11-9-23(10-12-27)20-30(25-13-15-29(16-14-25)17-19-33-35-29)22-39-31(30,26-7-3-2-4-8-26)34-28(36)24-6-5-18-32-21-24;;/h2-12,18,21,25,33,35H,13-17,19-20,22H2,1H3,(H,34,36);2*1H/t25?,29?,30?,31-;;/m0../s1. The van der Waals surface area contributed by atoms with Crippen LogP contribution in [-0.4, -0.2) is 44.3 Å². The molecule has 1 saturated carbocycles. The SMILES string of the molecule is CS(=O)(=O)c1ccc(CC2(C3CCC4(CCNN4)CC3)CO[C@@]2(NC(=O)c2cccnc2)c2ccccc2)cc1.Cl.Cl. The third-order valence-corrected chi connectivity index (χ3v) is 10.4. The van der Waals surface area contributed by atoms with E-state index in [1.165, 1.54) is 6.26 Å². The lowest BCUT2D eigenvalue weighted by Gasteiger charge is -2.63. The van der Waals surface area contributed by atoms with Crippen LogP contribution in [0.2, 0.25) is 0 Å². The van der Waals surface area contributed by atoms with Gasteiger partial charge < -0.3 is 10.1 Å². The second-order valence-electron chi connectivity index (χ2n) is 11.6. The number of carbonyl (C=O) groups excluding carboxylic acids is 1. The molecule has 3 aliphatic rings. The first-order chi connectivity index (χ1) is 19.3. The summed E-state index contributed by atoms with van der Waals surface area (Å²) in [4.78, 5) is 18.1. The van der Waals surface area contributed by atoms with Crippen molar-refractivity contribution in [3.8, 4) is 0 Å². The van der Waals surface area contributed by atoms with Crippen LogP contribution in [0.4, 0.5) is 0 Å². The van der Waals surface area contributed by atoms with Crippen LogP contribution in [0.25, 0.3) is 0 Å². The molecule has 3 N–H and O–H groups in total. The van der Waals surface area contributed by atoms with E-state index in [0.29, 0.717) is 23.5 Å². The minimum Gasteiger partial charge on any atom is -0.350 e. The average Bonchev–Trinajstić information content (AvgIpc) is 3.43. The smallest absolute Gasteiger partial charge is 0.255 e. The number of carbonyl (C=O) groups is 1. The van der Waals surface area contributed by atoms with Gasteiger partial charge in [-0.05, 0) is 74.3 Å². The van der Waals surface area contributed by atoms with E-state index in [0.717, 1.165) is 49.8 Å². The van der Waals surface area contributed by atoms with Crippen molar-refractivity contribution < 1.29 is 17.9 Å². The molecule has 1 aromatic heterocycles. The number of pyridine rings is 1. The molecule has 0 radical (unpaired) electrons. The third kappa shape index (κ3) is 5.83. The molecular formula is C31H38Cl2N4O4S. The second-order valence-corrected chi connectivity index (χ2v) is 13.7. The van der Waals surface area contributed by atoms with Crippen LogP contribution >= 0.6 is 24.8 Å². The third-order valence-electron chi connectivity index (χ3n) is 9.32. The van der Waals surface area contributed by atoms with Crippen molar-refractivity contribution in [3.05, 3.63) is 95.8 Å². The van der Waals surface area contributed by atoms with E-state index in [2.05, 4.69) is 21.2 Å². The molecule has 0 bridgehead atoms. The number of benzene rings is 2. The fourth-order valence-corrected chi connectivity index (χ4v) is 7.69. The van der Waals surface area contributed by atoms with Gasteiger partial charge >= 0.3 is 0 Å². The maximum Gasteiger partial charge on any atom is 0.255 e. The second kappa shape index (κ2) is 12.6. The van der Waals surface area contributed by atoms with Gasteiger partial charge in [-0.1, -0.05) is 42.5 Å². The molecule has 3 fully saturated rings. The van der Waals surface area contributed by atoms with Crippen LogP contribution in [0.3, 0.4) is 0 Å². The lowest BCUT2D eigenvalue weighted by atomic mass is 9.54. The Hall–Kier alpha value is -2.53. The van der Waals surface area contributed by atoms with E-state index in [1.54, 1.807) is 36.7 Å². The van der Waals surface area contributed by atoms with Crippen molar-refractivity contribution in [1.29, 1.82) is 0 Å². The maximum atomic E-state index is 13.7. The van der Waals surface area contributed by atoms with Crippen molar-refractivity contribution in [2.75, 3.05) is 19.4 Å². The maximum absolute atomic E-state index is 13.7. The Labute approximate surface area is 260 Å². The van der Waals surface area contributed by atoms with Gasteiger partial charge in [0.1, 0.15) is 0 Å². The van der Waals surface area contributed by atoms with Crippen molar-refractivity contribution >= 4 is 40.6 Å². The lowest BCUT2D eigenvalue weighted by molar-refractivity contribution is -0.313. The van der Waals surface area contributed by atoms with Crippen molar-refractivity contribution in [3.63, 3.8) is 0 Å². The van der Waals surface area contributed by atoms with Gasteiger partial charge in [-0.25, -0.2) is 8.42 Å². The van der Waals surface area contributed by atoms with Crippen LogP contribution in [-0.2, 0) is 26.7 Å². The molecule has 8 nitrogen and oxygen atoms in total. The number of aromatic nitrogens is 1. The molecule has 11 heteroatoms. The molecule has 1 unspecified atom stereocenters. The highest BCUT2D eigenvalue weighted by atomic mass is 35.5. The van der Waals surface area contributed by atoms with Crippen LogP contribution in [0.1, 0.15) is 53.6 Å². The summed E-state index contributed by atoms with van der Waals surface area (Å²) in [5.41, 5.74) is 7.90. The molecule has 6 rings (SSSR count). The summed E-state index contributed by atoms with van der Waals surface area (Å²) in [5.74, 6) is 0.0423. The molecule has 42 heavy (non-hydrogen) atoms. The van der Waals surface area contributed by atoms with E-state index in [-0.39, 0.29) is 42.2 Å². The normalized spacial score (nSPS) is 28.6. The Bertz CT molecular complexity index is 1460. The molecule has 1 aliphatic carbocycles. The van der Waals surface area contributed by atoms with Gasteiger partial charge in [0.05, 0.1) is 22.5 Å². The zero-order chi connectivity index (χ0) is 27.8. The number of nitrogens with zero attached hydrogens (tertiary/aromatic N) is 1. The summed E-state index contributed by atoms with van der Waals surface area (Å²) in [6, 6.07) is 20.7. The van der Waals surface area contributed by atoms with Crippen LogP contribution in [0.5, 0.6) is 0 Å². The highest BCUT2D eigenvalue weighted by Crippen LogP contribution is 2.60. The van der Waals surface area contributed by atoms with Gasteiger partial charge in [-0.15, -0.1) is 24.8 Å². The van der Waals surface area contributed by atoms with Gasteiger partial charge in [-0.3, -0.25) is 20.6 Å². The van der Waals surface area contributed by atoms with E-state index < -0.39 is 21.0 Å². The highest BCUT2D eigenvalue weighted by Gasteiger charge is 2.66. The molecule has 2 atom stereocenters. The summed E-state index contributed by atoms with van der Waals surface area (Å²) in [7, 11) is -3.30. The zero-order valence-electron chi connectivity index (χ0n) is 23.5. The molecule has 2 aromatic carbocycles. The fourth-order valence-electron chi connectivity index (χ4n) is 7.06. The van der Waals surface area contributed by atoms with E-state index in [1.807, 2.05) is 42.5 Å². The first-order valence-electron chi connectivity index (χ1n) is 14.0. The van der Waals surface area contributed by atoms with Crippen molar-refractivity contribution in [2.24, 2.45) is 11.3 Å². The number of hydrogen-bond donors (Lipinski definition) is 3. The van der Waals surface area contributed by atoms with E-state index >= 15 is 0 Å². The number of hydrazine groups is 1. The summed E-state index contributed by atoms with van der Waals surface area (Å²) < 4.78 is 30.8. The molecule has 3 heterocycles. The van der Waals surface area contributed by atoms with Gasteiger partial charge in [0.2, 0.25) is 0 Å². The highest BCUT2D eigenvalue weighted by molar-refractivity contribution is 7.90. The van der Waals surface area contributed by atoms with Crippen LogP contribution in [0, 0.1) is 11.3 Å². The Morgan fingerprint density at radius 2 is 1.71 bits per heavy atom. The average molecular weight is 634 g/mol. The molecule has 2 aliphatic heterocycles. The Morgan fingerprint density at radius 1 is 1.00 bits per heavy atom. The number of amides is 1. The first-order valence-corrected chi connectivity index (χ1v) is 15.9. The molecule has 226 valence electrons. The number of halogens is 2. The van der Waals surface area contributed by atoms with E-state index in [4.69, 9.17) is 4.74 Å². The number of hydrogen-bond acceptors (Lipinski definition) is 7. The Kier molecular flexibility index (Phi) is 9.72. The number of sulfone groups is 1. The monoisotopic (exact) mass is 632 g/mol.